The quantitative estimate of drug-likeness (QED) is 0.888. The fraction of sp³-hybridized carbons (Fsp3) is 0. The fourth-order valence-electron chi connectivity index (χ4n) is 1.59. The molecule has 2 N–H and O–H groups in total. The summed E-state index contributed by atoms with van der Waals surface area (Å²) >= 11 is 11.7. The molecule has 0 saturated heterocycles. The van der Waals surface area contributed by atoms with Crippen LogP contribution in [0, 0.1) is 0 Å². The van der Waals surface area contributed by atoms with Gasteiger partial charge in [0.15, 0.2) is 0 Å². The number of rotatable bonds is 4. The van der Waals surface area contributed by atoms with Gasteiger partial charge in [0.2, 0.25) is 0 Å². The standard InChI is InChI=1S/C13H9Cl2NO4S/c14-9-3-1-2-4-11(9)16-21(19,20)12-7-8(13(17)18)5-6-10(12)15/h1-7,16H,(H,17,18). The lowest BCUT2D eigenvalue weighted by Gasteiger charge is -2.11. The summed E-state index contributed by atoms with van der Waals surface area (Å²) in [5.74, 6) is -1.25. The first-order chi connectivity index (χ1) is 9.81. The Hall–Kier alpha value is -1.76. The summed E-state index contributed by atoms with van der Waals surface area (Å²) < 4.78 is 26.9. The van der Waals surface area contributed by atoms with E-state index in [-0.39, 0.29) is 26.2 Å². The first kappa shape index (κ1) is 15.6. The van der Waals surface area contributed by atoms with Crippen LogP contribution in [-0.4, -0.2) is 19.5 Å². The highest BCUT2D eigenvalue weighted by Gasteiger charge is 2.21. The minimum atomic E-state index is -4.05. The van der Waals surface area contributed by atoms with Crippen LogP contribution in [0.4, 0.5) is 5.69 Å². The van der Waals surface area contributed by atoms with Gasteiger partial charge in [0, 0.05) is 0 Å². The molecule has 0 aromatic heterocycles. The number of nitrogens with one attached hydrogen (secondary N) is 1. The van der Waals surface area contributed by atoms with Gasteiger partial charge < -0.3 is 5.11 Å². The highest BCUT2D eigenvalue weighted by molar-refractivity contribution is 7.92. The maximum Gasteiger partial charge on any atom is 0.335 e. The highest BCUT2D eigenvalue weighted by atomic mass is 35.5. The second-order valence-electron chi connectivity index (χ2n) is 4.04. The second kappa shape index (κ2) is 5.93. The smallest absolute Gasteiger partial charge is 0.335 e. The molecule has 21 heavy (non-hydrogen) atoms. The minimum Gasteiger partial charge on any atom is -0.478 e. The molecule has 0 aliphatic carbocycles. The molecule has 0 unspecified atom stereocenters. The molecule has 110 valence electrons. The average Bonchev–Trinajstić information content (AvgIpc) is 2.41. The summed E-state index contributed by atoms with van der Waals surface area (Å²) in [5.41, 5.74) is -0.00473. The highest BCUT2D eigenvalue weighted by Crippen LogP contribution is 2.28. The van der Waals surface area contributed by atoms with Crippen LogP contribution in [0.25, 0.3) is 0 Å². The normalized spacial score (nSPS) is 11.1. The van der Waals surface area contributed by atoms with Crippen molar-refractivity contribution < 1.29 is 18.3 Å². The topological polar surface area (TPSA) is 83.5 Å². The van der Waals surface area contributed by atoms with Gasteiger partial charge in [-0.2, -0.15) is 0 Å². The third kappa shape index (κ3) is 3.47. The molecule has 0 fully saturated rings. The van der Waals surface area contributed by atoms with Crippen LogP contribution >= 0.6 is 23.2 Å². The summed E-state index contributed by atoms with van der Waals surface area (Å²) in [7, 11) is -4.05. The fourth-order valence-corrected chi connectivity index (χ4v) is 3.43. The maximum atomic E-state index is 12.3. The van der Waals surface area contributed by atoms with Gasteiger partial charge in [0.05, 0.1) is 21.3 Å². The van der Waals surface area contributed by atoms with E-state index in [0.717, 1.165) is 6.07 Å². The Balaban J connectivity index is 2.47. The third-order valence-electron chi connectivity index (χ3n) is 2.59. The average molecular weight is 346 g/mol. The zero-order valence-electron chi connectivity index (χ0n) is 10.4. The summed E-state index contributed by atoms with van der Waals surface area (Å²) in [6.07, 6.45) is 0. The van der Waals surface area contributed by atoms with E-state index < -0.39 is 16.0 Å². The van der Waals surface area contributed by atoms with Crippen molar-refractivity contribution in [3.8, 4) is 0 Å². The molecule has 0 aliphatic rings. The lowest BCUT2D eigenvalue weighted by Crippen LogP contribution is -2.14. The zero-order valence-corrected chi connectivity index (χ0v) is 12.7. The molecule has 0 spiro atoms. The van der Waals surface area contributed by atoms with Crippen molar-refractivity contribution in [2.45, 2.75) is 4.90 Å². The van der Waals surface area contributed by atoms with Crippen LogP contribution in [0.15, 0.2) is 47.4 Å². The summed E-state index contributed by atoms with van der Waals surface area (Å²) in [4.78, 5) is 10.6. The van der Waals surface area contributed by atoms with E-state index in [0.29, 0.717) is 0 Å². The molecule has 2 rings (SSSR count). The molecule has 8 heteroatoms. The van der Waals surface area contributed by atoms with Crippen LogP contribution < -0.4 is 4.72 Å². The van der Waals surface area contributed by atoms with Gasteiger partial charge in [0.25, 0.3) is 10.0 Å². The Kier molecular flexibility index (Phi) is 4.41. The Labute approximate surface area is 131 Å². The zero-order chi connectivity index (χ0) is 15.6. The first-order valence-corrected chi connectivity index (χ1v) is 7.85. The van der Waals surface area contributed by atoms with E-state index in [1.807, 2.05) is 0 Å². The SMILES string of the molecule is O=C(O)c1ccc(Cl)c(S(=O)(=O)Nc2ccccc2Cl)c1. The lowest BCUT2D eigenvalue weighted by molar-refractivity contribution is 0.0696. The van der Waals surface area contributed by atoms with Crippen molar-refractivity contribution in [1.29, 1.82) is 0 Å². The number of carbonyl (C=O) groups is 1. The molecule has 2 aromatic rings. The largest absolute Gasteiger partial charge is 0.478 e. The van der Waals surface area contributed by atoms with Gasteiger partial charge in [-0.05, 0) is 30.3 Å². The summed E-state index contributed by atoms with van der Waals surface area (Å²) in [6, 6.07) is 9.69. The van der Waals surface area contributed by atoms with Crippen LogP contribution in [0.3, 0.4) is 0 Å². The van der Waals surface area contributed by atoms with Gasteiger partial charge in [-0.3, -0.25) is 4.72 Å². The van der Waals surface area contributed by atoms with Crippen LogP contribution in [0.1, 0.15) is 10.4 Å². The number of aromatic carboxylic acids is 1. The maximum absolute atomic E-state index is 12.3. The molecular formula is C13H9Cl2NO4S. The Morgan fingerprint density at radius 3 is 2.33 bits per heavy atom. The number of carboxylic acids is 1. The molecule has 0 amide bonds. The predicted molar refractivity (Wildman–Crippen MR) is 80.7 cm³/mol. The molecule has 5 nitrogen and oxygen atoms in total. The number of benzene rings is 2. The number of para-hydroxylation sites is 1. The first-order valence-electron chi connectivity index (χ1n) is 5.61. The molecule has 0 bridgehead atoms. The number of sulfonamides is 1. The van der Waals surface area contributed by atoms with Gasteiger partial charge in [-0.25, -0.2) is 13.2 Å². The lowest BCUT2D eigenvalue weighted by atomic mass is 10.2. The van der Waals surface area contributed by atoms with Crippen molar-refractivity contribution in [1.82, 2.24) is 0 Å². The van der Waals surface area contributed by atoms with Gasteiger partial charge in [-0.1, -0.05) is 35.3 Å². The van der Waals surface area contributed by atoms with Crippen molar-refractivity contribution in [2.24, 2.45) is 0 Å². The van der Waals surface area contributed by atoms with Crippen molar-refractivity contribution in [3.05, 3.63) is 58.1 Å². The molecule has 0 heterocycles. The van der Waals surface area contributed by atoms with E-state index in [2.05, 4.69) is 4.72 Å². The van der Waals surface area contributed by atoms with Crippen molar-refractivity contribution >= 4 is 44.9 Å². The molecule has 0 saturated carbocycles. The second-order valence-corrected chi connectivity index (χ2v) is 6.50. The molecule has 0 radical (unpaired) electrons. The van der Waals surface area contributed by atoms with Crippen LogP contribution in [0.5, 0.6) is 0 Å². The number of anilines is 1. The van der Waals surface area contributed by atoms with E-state index in [1.165, 1.54) is 24.3 Å². The number of hydrogen-bond donors (Lipinski definition) is 2. The number of halogens is 2. The molecule has 0 aliphatic heterocycles. The Morgan fingerprint density at radius 1 is 1.05 bits per heavy atom. The monoisotopic (exact) mass is 345 g/mol. The summed E-state index contributed by atoms with van der Waals surface area (Å²) in [6.45, 7) is 0. The van der Waals surface area contributed by atoms with Crippen LogP contribution in [-0.2, 0) is 10.0 Å². The van der Waals surface area contributed by atoms with Gasteiger partial charge >= 0.3 is 5.97 Å². The molecule has 2 aromatic carbocycles. The third-order valence-corrected chi connectivity index (χ3v) is 4.76. The Bertz CT molecular complexity index is 806. The van der Waals surface area contributed by atoms with Crippen molar-refractivity contribution in [3.63, 3.8) is 0 Å². The minimum absolute atomic E-state index is 0.0837. The predicted octanol–water partition coefficient (Wildman–Crippen LogP) is 3.49. The van der Waals surface area contributed by atoms with E-state index >= 15 is 0 Å². The number of carboxylic acid groups (broad SMARTS) is 1. The molecular weight excluding hydrogens is 337 g/mol. The van der Waals surface area contributed by atoms with Crippen LogP contribution in [0.2, 0.25) is 10.0 Å². The van der Waals surface area contributed by atoms with E-state index in [9.17, 15) is 13.2 Å². The van der Waals surface area contributed by atoms with Crippen molar-refractivity contribution in [2.75, 3.05) is 4.72 Å². The van der Waals surface area contributed by atoms with E-state index in [1.54, 1.807) is 12.1 Å². The van der Waals surface area contributed by atoms with E-state index in [4.69, 9.17) is 28.3 Å². The number of hydrogen-bond acceptors (Lipinski definition) is 3. The Morgan fingerprint density at radius 2 is 1.71 bits per heavy atom. The summed E-state index contributed by atoms with van der Waals surface area (Å²) in [5, 5.41) is 9.05. The molecule has 0 atom stereocenters. The van der Waals surface area contributed by atoms with Gasteiger partial charge in [0.1, 0.15) is 4.90 Å². The van der Waals surface area contributed by atoms with Gasteiger partial charge in [-0.15, -0.1) is 0 Å².